The standard InChI is InChI=1S/C20H26N4O6/c25-17(23-9-1-3-15(23)19(27)28)11-21-13-5-7-14(8-6-13)22-12-18(26)24-10-2-4-16(24)20(29)30/h5-8,15-16,21-22H,1-4,9-12H2,(H,27,28)(H,29,30)/t15-,16-/m1/s1. The minimum absolute atomic E-state index is 0.000573. The number of nitrogens with zero attached hydrogens (tertiary/aromatic N) is 2. The Morgan fingerprint density at radius 2 is 1.13 bits per heavy atom. The second-order valence-corrected chi connectivity index (χ2v) is 7.45. The van der Waals surface area contributed by atoms with Crippen molar-refractivity contribution in [3.8, 4) is 0 Å². The predicted molar refractivity (Wildman–Crippen MR) is 108 cm³/mol. The van der Waals surface area contributed by atoms with Crippen LogP contribution < -0.4 is 10.6 Å². The molecule has 2 saturated heterocycles. The van der Waals surface area contributed by atoms with Crippen molar-refractivity contribution < 1.29 is 29.4 Å². The summed E-state index contributed by atoms with van der Waals surface area (Å²) in [7, 11) is 0. The van der Waals surface area contributed by atoms with Gasteiger partial charge >= 0.3 is 11.9 Å². The van der Waals surface area contributed by atoms with Gasteiger partial charge in [-0.3, -0.25) is 9.59 Å². The first kappa shape index (κ1) is 21.4. The monoisotopic (exact) mass is 418 g/mol. The third-order valence-electron chi connectivity index (χ3n) is 5.49. The van der Waals surface area contributed by atoms with Crippen LogP contribution in [0.1, 0.15) is 25.7 Å². The van der Waals surface area contributed by atoms with Crippen molar-refractivity contribution in [1.29, 1.82) is 0 Å². The maximum Gasteiger partial charge on any atom is 0.326 e. The van der Waals surface area contributed by atoms with Crippen LogP contribution in [0.25, 0.3) is 0 Å². The van der Waals surface area contributed by atoms with E-state index in [0.29, 0.717) is 50.1 Å². The van der Waals surface area contributed by atoms with Gasteiger partial charge in [0.25, 0.3) is 0 Å². The summed E-state index contributed by atoms with van der Waals surface area (Å²) >= 11 is 0. The highest BCUT2D eigenvalue weighted by Crippen LogP contribution is 2.19. The molecule has 1 aromatic rings. The Morgan fingerprint density at radius 1 is 0.767 bits per heavy atom. The first-order chi connectivity index (χ1) is 14.4. The summed E-state index contributed by atoms with van der Waals surface area (Å²) in [6.07, 6.45) is 2.33. The number of likely N-dealkylation sites (tertiary alicyclic amines) is 2. The van der Waals surface area contributed by atoms with Gasteiger partial charge in [0.05, 0.1) is 13.1 Å². The average Bonchev–Trinajstić information content (AvgIpc) is 3.40. The largest absolute Gasteiger partial charge is 0.480 e. The number of benzene rings is 1. The maximum atomic E-state index is 12.3. The zero-order valence-corrected chi connectivity index (χ0v) is 16.5. The Morgan fingerprint density at radius 3 is 1.47 bits per heavy atom. The van der Waals surface area contributed by atoms with Gasteiger partial charge in [-0.15, -0.1) is 0 Å². The maximum absolute atomic E-state index is 12.3. The SMILES string of the molecule is O=C(O)[C@H]1CCCN1C(=O)CNc1ccc(NCC(=O)N2CCC[C@@H]2C(=O)O)cc1. The van der Waals surface area contributed by atoms with Crippen LogP contribution in [0.5, 0.6) is 0 Å². The lowest BCUT2D eigenvalue weighted by atomic mass is 10.2. The first-order valence-corrected chi connectivity index (χ1v) is 9.99. The smallest absolute Gasteiger partial charge is 0.326 e. The molecule has 2 heterocycles. The Balaban J connectivity index is 1.46. The molecule has 0 bridgehead atoms. The van der Waals surface area contributed by atoms with Crippen molar-refractivity contribution in [2.24, 2.45) is 0 Å². The number of rotatable bonds is 8. The highest BCUT2D eigenvalue weighted by molar-refractivity contribution is 5.87. The molecular weight excluding hydrogens is 392 g/mol. The number of carboxylic acid groups (broad SMARTS) is 2. The molecule has 0 spiro atoms. The fourth-order valence-electron chi connectivity index (χ4n) is 3.91. The van der Waals surface area contributed by atoms with E-state index in [1.54, 1.807) is 24.3 Å². The van der Waals surface area contributed by atoms with E-state index in [4.69, 9.17) is 0 Å². The van der Waals surface area contributed by atoms with Crippen LogP contribution in [0, 0.1) is 0 Å². The summed E-state index contributed by atoms with van der Waals surface area (Å²) in [5.41, 5.74) is 1.38. The number of hydrogen-bond donors (Lipinski definition) is 4. The van der Waals surface area contributed by atoms with Crippen molar-refractivity contribution in [1.82, 2.24) is 9.80 Å². The van der Waals surface area contributed by atoms with Crippen LogP contribution >= 0.6 is 0 Å². The van der Waals surface area contributed by atoms with Gasteiger partial charge in [0.15, 0.2) is 0 Å². The van der Waals surface area contributed by atoms with E-state index in [2.05, 4.69) is 10.6 Å². The van der Waals surface area contributed by atoms with Gasteiger partial charge in [0.1, 0.15) is 12.1 Å². The van der Waals surface area contributed by atoms with E-state index in [9.17, 15) is 29.4 Å². The fraction of sp³-hybridized carbons (Fsp3) is 0.500. The van der Waals surface area contributed by atoms with Crippen LogP contribution in [0.15, 0.2) is 24.3 Å². The Kier molecular flexibility index (Phi) is 6.76. The van der Waals surface area contributed by atoms with Crippen LogP contribution in [-0.2, 0) is 19.2 Å². The molecule has 4 N–H and O–H groups in total. The number of carbonyl (C=O) groups is 4. The number of hydrogen-bond acceptors (Lipinski definition) is 6. The number of amides is 2. The highest BCUT2D eigenvalue weighted by Gasteiger charge is 2.34. The fourth-order valence-corrected chi connectivity index (χ4v) is 3.91. The summed E-state index contributed by atoms with van der Waals surface area (Å²) in [6, 6.07) is 5.48. The lowest BCUT2D eigenvalue weighted by Gasteiger charge is -2.22. The van der Waals surface area contributed by atoms with E-state index in [1.807, 2.05) is 0 Å². The summed E-state index contributed by atoms with van der Waals surface area (Å²) < 4.78 is 0. The number of anilines is 2. The number of aliphatic carboxylic acids is 2. The second kappa shape index (κ2) is 9.47. The lowest BCUT2D eigenvalue weighted by molar-refractivity contribution is -0.147. The molecule has 162 valence electrons. The zero-order valence-electron chi connectivity index (χ0n) is 16.5. The number of carbonyl (C=O) groups excluding carboxylic acids is 2. The molecule has 2 atom stereocenters. The molecule has 0 radical (unpaired) electrons. The van der Waals surface area contributed by atoms with E-state index in [0.717, 1.165) is 0 Å². The van der Waals surface area contributed by atoms with E-state index in [1.165, 1.54) is 9.80 Å². The second-order valence-electron chi connectivity index (χ2n) is 7.45. The molecule has 0 saturated carbocycles. The zero-order chi connectivity index (χ0) is 21.7. The highest BCUT2D eigenvalue weighted by atomic mass is 16.4. The third kappa shape index (κ3) is 5.00. The van der Waals surface area contributed by atoms with Crippen LogP contribution in [0.4, 0.5) is 11.4 Å². The third-order valence-corrected chi connectivity index (χ3v) is 5.49. The van der Waals surface area contributed by atoms with Gasteiger partial charge < -0.3 is 30.6 Å². The molecular formula is C20H26N4O6. The number of nitrogens with one attached hydrogen (secondary N) is 2. The normalized spacial score (nSPS) is 20.8. The van der Waals surface area contributed by atoms with Gasteiger partial charge in [-0.25, -0.2) is 9.59 Å². The number of carboxylic acids is 2. The average molecular weight is 418 g/mol. The topological polar surface area (TPSA) is 139 Å². The molecule has 0 aromatic heterocycles. The summed E-state index contributed by atoms with van der Waals surface area (Å²) in [5, 5.41) is 24.3. The molecule has 10 heteroatoms. The van der Waals surface area contributed by atoms with Crippen LogP contribution in [0.2, 0.25) is 0 Å². The molecule has 10 nitrogen and oxygen atoms in total. The molecule has 2 aliphatic heterocycles. The van der Waals surface area contributed by atoms with Crippen molar-refractivity contribution >= 4 is 35.1 Å². The Bertz CT molecular complexity index is 745. The van der Waals surface area contributed by atoms with Gasteiger partial charge in [-0.05, 0) is 49.9 Å². The van der Waals surface area contributed by atoms with Gasteiger partial charge in [-0.2, -0.15) is 0 Å². The van der Waals surface area contributed by atoms with Gasteiger partial charge in [-0.1, -0.05) is 0 Å². The van der Waals surface area contributed by atoms with Gasteiger partial charge in [0, 0.05) is 24.5 Å². The Labute approximate surface area is 173 Å². The van der Waals surface area contributed by atoms with Gasteiger partial charge in [0.2, 0.25) is 11.8 Å². The molecule has 2 aliphatic rings. The lowest BCUT2D eigenvalue weighted by Crippen LogP contribution is -2.43. The molecule has 3 rings (SSSR count). The predicted octanol–water partition coefficient (Wildman–Crippen LogP) is 0.662. The first-order valence-electron chi connectivity index (χ1n) is 9.99. The molecule has 1 aromatic carbocycles. The summed E-state index contributed by atoms with van der Waals surface area (Å²) in [5.74, 6) is -2.47. The summed E-state index contributed by atoms with van der Waals surface area (Å²) in [4.78, 5) is 49.7. The molecule has 2 amide bonds. The van der Waals surface area contributed by atoms with Crippen LogP contribution in [-0.4, -0.2) is 82.0 Å². The van der Waals surface area contributed by atoms with Crippen LogP contribution in [0.3, 0.4) is 0 Å². The van der Waals surface area contributed by atoms with Crippen molar-refractivity contribution in [3.05, 3.63) is 24.3 Å². The van der Waals surface area contributed by atoms with E-state index < -0.39 is 24.0 Å². The van der Waals surface area contributed by atoms with Crippen molar-refractivity contribution in [2.75, 3.05) is 36.8 Å². The van der Waals surface area contributed by atoms with Crippen molar-refractivity contribution in [3.63, 3.8) is 0 Å². The van der Waals surface area contributed by atoms with E-state index in [-0.39, 0.29) is 24.9 Å². The molecule has 30 heavy (non-hydrogen) atoms. The minimum atomic E-state index is -0.977. The van der Waals surface area contributed by atoms with E-state index >= 15 is 0 Å². The molecule has 2 fully saturated rings. The quantitative estimate of drug-likeness (QED) is 0.483. The Hall–Kier alpha value is -3.30. The summed E-state index contributed by atoms with van der Waals surface area (Å²) in [6.45, 7) is 0.906. The molecule has 0 unspecified atom stereocenters. The minimum Gasteiger partial charge on any atom is -0.480 e. The molecule has 0 aliphatic carbocycles. The van der Waals surface area contributed by atoms with Crippen molar-refractivity contribution in [2.45, 2.75) is 37.8 Å².